The standard InChI is InChI=1S/C46H72N10O14S2/c1-45(2,14-22-67-43(63)51-20-28-71-55-36(40(59)60)30-53-38(57)32-6-10-34(11-7-32)65-24-16-47)69-23-15-46(3,4)70-27-26-68-44(64)52-21-29-72-56-37(41(61)62)31-54-39(58)33-8-12-35(13-9-33)66-25-19-50-42-48-17-5-18-49-42/h6-13,36-37,55-56H,5,14-31,47H2,1-4H3,(H,51,63)(H,52,64)(H,53,57)(H,54,58)(H,59,60)(H,61,62)(H2,48,49,50). The van der Waals surface area contributed by atoms with Crippen molar-refractivity contribution in [2.24, 2.45) is 10.7 Å². The highest BCUT2D eigenvalue weighted by molar-refractivity contribution is 7.97. The lowest BCUT2D eigenvalue weighted by Crippen LogP contribution is -2.43. The van der Waals surface area contributed by atoms with Gasteiger partial charge in [0.2, 0.25) is 0 Å². The third kappa shape index (κ3) is 26.6. The average molecular weight is 1050 g/mol. The number of hydrogen-bond acceptors (Lipinski definition) is 20. The fourth-order valence-corrected chi connectivity index (χ4v) is 7.33. The monoisotopic (exact) mass is 1050 g/mol. The van der Waals surface area contributed by atoms with Gasteiger partial charge in [0.15, 0.2) is 5.96 Å². The molecule has 1 aliphatic rings. The highest BCUT2D eigenvalue weighted by Gasteiger charge is 2.24. The molecule has 0 radical (unpaired) electrons. The van der Waals surface area contributed by atoms with Crippen LogP contribution in [0.4, 0.5) is 9.59 Å². The first-order valence-corrected chi connectivity index (χ1v) is 25.5. The van der Waals surface area contributed by atoms with E-state index in [1.807, 2.05) is 27.7 Å². The quantitative estimate of drug-likeness (QED) is 0.0342. The van der Waals surface area contributed by atoms with E-state index in [1.165, 1.54) is 0 Å². The van der Waals surface area contributed by atoms with Crippen molar-refractivity contribution >= 4 is 65.8 Å². The van der Waals surface area contributed by atoms with Gasteiger partial charge >= 0.3 is 24.1 Å². The highest BCUT2D eigenvalue weighted by atomic mass is 32.2. The normalized spacial score (nSPS) is 13.3. The predicted octanol–water partition coefficient (Wildman–Crippen LogP) is 1.71. The fourth-order valence-electron chi connectivity index (χ4n) is 5.91. The van der Waals surface area contributed by atoms with Crippen molar-refractivity contribution < 1.29 is 67.4 Å². The van der Waals surface area contributed by atoms with Crippen LogP contribution in [0.3, 0.4) is 0 Å². The van der Waals surface area contributed by atoms with Gasteiger partial charge in [-0.25, -0.2) is 19.0 Å². The highest BCUT2D eigenvalue weighted by Crippen LogP contribution is 2.20. The minimum absolute atomic E-state index is 0.00368. The van der Waals surface area contributed by atoms with Crippen LogP contribution in [0.1, 0.15) is 67.7 Å². The molecule has 3 rings (SSSR count). The lowest BCUT2D eigenvalue weighted by molar-refractivity contribution is -0.139. The molecule has 24 nitrogen and oxygen atoms in total. The molecule has 0 saturated heterocycles. The fraction of sp³-hybridized carbons (Fsp3) is 0.587. The molecule has 402 valence electrons. The van der Waals surface area contributed by atoms with Crippen LogP contribution in [0.5, 0.6) is 11.5 Å². The number of aliphatic carboxylic acids is 2. The number of hydrogen-bond donors (Lipinski definition) is 11. The van der Waals surface area contributed by atoms with Crippen LogP contribution in [0.15, 0.2) is 53.5 Å². The maximum atomic E-state index is 12.7. The molecule has 2 atom stereocenters. The van der Waals surface area contributed by atoms with Crippen molar-refractivity contribution in [1.29, 1.82) is 0 Å². The van der Waals surface area contributed by atoms with Gasteiger partial charge in [0, 0.05) is 74.9 Å². The largest absolute Gasteiger partial charge is 0.492 e. The summed E-state index contributed by atoms with van der Waals surface area (Å²) in [6.45, 7) is 11.4. The molecule has 26 heteroatoms. The predicted molar refractivity (Wildman–Crippen MR) is 273 cm³/mol. The number of aliphatic imine (C=N–C) groups is 1. The van der Waals surface area contributed by atoms with E-state index in [4.69, 9.17) is 34.2 Å². The third-order valence-electron chi connectivity index (χ3n) is 10.1. The second kappa shape index (κ2) is 33.8. The molecule has 0 saturated carbocycles. The van der Waals surface area contributed by atoms with Gasteiger partial charge in [0.25, 0.3) is 11.8 Å². The van der Waals surface area contributed by atoms with E-state index in [1.54, 1.807) is 48.5 Å². The zero-order valence-electron chi connectivity index (χ0n) is 41.3. The van der Waals surface area contributed by atoms with Crippen molar-refractivity contribution in [2.45, 2.75) is 70.2 Å². The van der Waals surface area contributed by atoms with Gasteiger partial charge in [-0.1, -0.05) is 23.9 Å². The Balaban J connectivity index is 1.17. The number of carbonyl (C=O) groups excluding carboxylic acids is 4. The van der Waals surface area contributed by atoms with Crippen molar-refractivity contribution in [1.82, 2.24) is 41.3 Å². The number of nitrogens with two attached hydrogens (primary N) is 1. The topological polar surface area (TPSA) is 333 Å². The summed E-state index contributed by atoms with van der Waals surface area (Å²) >= 11 is 2.16. The molecule has 2 unspecified atom stereocenters. The summed E-state index contributed by atoms with van der Waals surface area (Å²) in [6, 6.07) is 10.8. The molecule has 1 heterocycles. The number of alkyl carbamates (subject to hydrolysis) is 2. The van der Waals surface area contributed by atoms with E-state index >= 15 is 0 Å². The summed E-state index contributed by atoms with van der Waals surface area (Å²) in [5, 5.41) is 35.9. The Bertz CT molecular complexity index is 2000. The Morgan fingerprint density at radius 3 is 1.62 bits per heavy atom. The third-order valence-corrected chi connectivity index (χ3v) is 11.8. The Labute approximate surface area is 428 Å². The zero-order valence-corrected chi connectivity index (χ0v) is 43.0. The Hall–Kier alpha value is -5.77. The number of ether oxygens (including phenoxy) is 6. The molecule has 0 fully saturated rings. The summed E-state index contributed by atoms with van der Waals surface area (Å²) in [6.07, 6.45) is 0.646. The van der Waals surface area contributed by atoms with Crippen LogP contribution in [0.2, 0.25) is 0 Å². The number of carboxylic acids is 2. The number of amides is 4. The van der Waals surface area contributed by atoms with Crippen molar-refractivity contribution in [3.05, 3.63) is 59.7 Å². The first-order chi connectivity index (χ1) is 34.5. The number of carbonyl (C=O) groups is 6. The first kappa shape index (κ1) is 60.5. The number of benzene rings is 2. The summed E-state index contributed by atoms with van der Waals surface area (Å²) in [4.78, 5) is 77.4. The Morgan fingerprint density at radius 1 is 0.653 bits per heavy atom. The molecule has 2 aromatic rings. The zero-order chi connectivity index (χ0) is 52.6. The average Bonchev–Trinajstić information content (AvgIpc) is 3.35. The van der Waals surface area contributed by atoms with Gasteiger partial charge < -0.3 is 76.3 Å². The van der Waals surface area contributed by atoms with Gasteiger partial charge in [-0.15, -0.1) is 0 Å². The summed E-state index contributed by atoms with van der Waals surface area (Å²) in [5.74, 6) is -0.629. The van der Waals surface area contributed by atoms with E-state index < -0.39 is 59.2 Å². The van der Waals surface area contributed by atoms with Crippen LogP contribution in [-0.2, 0) is 28.5 Å². The van der Waals surface area contributed by atoms with Crippen LogP contribution in [0.25, 0.3) is 0 Å². The number of nitrogens with zero attached hydrogens (tertiary/aromatic N) is 1. The smallest absolute Gasteiger partial charge is 0.407 e. The van der Waals surface area contributed by atoms with E-state index in [-0.39, 0.29) is 46.0 Å². The summed E-state index contributed by atoms with van der Waals surface area (Å²) in [5.41, 5.74) is 4.89. The van der Waals surface area contributed by atoms with Crippen molar-refractivity contribution in [2.75, 3.05) is 104 Å². The number of guanidine groups is 1. The minimum atomic E-state index is -1.15. The molecule has 2 aromatic carbocycles. The van der Waals surface area contributed by atoms with Gasteiger partial charge in [-0.2, -0.15) is 0 Å². The van der Waals surface area contributed by atoms with E-state index in [0.717, 1.165) is 49.4 Å². The second-order valence-electron chi connectivity index (χ2n) is 16.9. The molecule has 0 bridgehead atoms. The van der Waals surface area contributed by atoms with Crippen LogP contribution in [-0.4, -0.2) is 179 Å². The second-order valence-corrected chi connectivity index (χ2v) is 18.8. The number of nitrogens with one attached hydrogen (secondary N) is 8. The number of carboxylic acid groups (broad SMARTS) is 2. The van der Waals surface area contributed by atoms with Crippen LogP contribution in [0, 0.1) is 0 Å². The van der Waals surface area contributed by atoms with Crippen molar-refractivity contribution in [3.8, 4) is 11.5 Å². The molecule has 72 heavy (non-hydrogen) atoms. The summed E-state index contributed by atoms with van der Waals surface area (Å²) in [7, 11) is 0. The summed E-state index contributed by atoms with van der Waals surface area (Å²) < 4.78 is 39.1. The molecule has 0 spiro atoms. The van der Waals surface area contributed by atoms with E-state index in [0.29, 0.717) is 79.9 Å². The molecule has 12 N–H and O–H groups in total. The minimum Gasteiger partial charge on any atom is -0.492 e. The molecular weight excluding hydrogens is 981 g/mol. The van der Waals surface area contributed by atoms with Crippen molar-refractivity contribution in [3.63, 3.8) is 0 Å². The van der Waals surface area contributed by atoms with Gasteiger partial charge in [0.1, 0.15) is 43.4 Å². The molecular formula is C46H72N10O14S2. The Kier molecular flexibility index (Phi) is 28.4. The molecule has 4 amide bonds. The van der Waals surface area contributed by atoms with Crippen LogP contribution >= 0.6 is 23.9 Å². The SMILES string of the molecule is CC(C)(CCOC(=O)NCCSNC(CNC(=O)c1ccc(OCCN)cc1)C(=O)O)OCCC(C)(C)OCCOC(=O)NCCSNC(CNC(=O)c1ccc(OCCNC2=NCCCN2)cc1)C(=O)O. The van der Waals surface area contributed by atoms with Gasteiger partial charge in [0.05, 0.1) is 37.6 Å². The first-order valence-electron chi connectivity index (χ1n) is 23.5. The van der Waals surface area contributed by atoms with Crippen LogP contribution < -0.4 is 56.6 Å². The lowest BCUT2D eigenvalue weighted by atomic mass is 10.0. The van der Waals surface area contributed by atoms with Gasteiger partial charge in [-0.3, -0.25) is 24.2 Å². The van der Waals surface area contributed by atoms with E-state index in [9.17, 15) is 39.0 Å². The van der Waals surface area contributed by atoms with E-state index in [2.05, 4.69) is 46.3 Å². The number of rotatable bonds is 36. The molecule has 0 aliphatic carbocycles. The maximum absolute atomic E-state index is 12.7. The Morgan fingerprint density at radius 2 is 1.14 bits per heavy atom. The molecule has 0 aromatic heterocycles. The lowest BCUT2D eigenvalue weighted by Gasteiger charge is -2.29. The maximum Gasteiger partial charge on any atom is 0.407 e. The van der Waals surface area contributed by atoms with Gasteiger partial charge in [-0.05, 0) is 89.1 Å². The molecule has 1 aliphatic heterocycles.